The van der Waals surface area contributed by atoms with Gasteiger partial charge < -0.3 is 14.2 Å². The van der Waals surface area contributed by atoms with E-state index in [0.717, 1.165) is 17.7 Å². The first kappa shape index (κ1) is 21.2. The van der Waals surface area contributed by atoms with Crippen molar-refractivity contribution >= 4 is 5.97 Å². The molecular weight excluding hydrogens is 403 g/mol. The van der Waals surface area contributed by atoms with Crippen LogP contribution in [0.5, 0.6) is 11.5 Å². The van der Waals surface area contributed by atoms with Gasteiger partial charge in [-0.05, 0) is 48.9 Å². The lowest BCUT2D eigenvalue weighted by molar-refractivity contribution is -0.274. The monoisotopic (exact) mass is 421 g/mol. The minimum atomic E-state index is -4.80. The molecule has 0 aliphatic rings. The van der Waals surface area contributed by atoms with Crippen LogP contribution >= 0.6 is 0 Å². The third kappa shape index (κ3) is 5.07. The van der Waals surface area contributed by atoms with E-state index in [0.29, 0.717) is 17.0 Å². The van der Waals surface area contributed by atoms with Crippen LogP contribution in [0.3, 0.4) is 0 Å². The maximum absolute atomic E-state index is 12.4. The van der Waals surface area contributed by atoms with E-state index >= 15 is 0 Å². The zero-order valence-electron chi connectivity index (χ0n) is 16.1. The Morgan fingerprint density at radius 2 is 1.67 bits per heavy atom. The fraction of sp³-hybridized carbons (Fsp3) is 0.250. The molecule has 3 rings (SSSR count). The summed E-state index contributed by atoms with van der Waals surface area (Å²) in [6, 6.07) is 12.3. The van der Waals surface area contributed by atoms with Crippen LogP contribution in [0.2, 0.25) is 0 Å². The quantitative estimate of drug-likeness (QED) is 0.535. The second kappa shape index (κ2) is 8.85. The fourth-order valence-electron chi connectivity index (χ4n) is 2.76. The van der Waals surface area contributed by atoms with Crippen LogP contribution in [0, 0.1) is 0 Å². The molecule has 7 nitrogen and oxygen atoms in total. The summed E-state index contributed by atoms with van der Waals surface area (Å²) in [5.41, 5.74) is 1.58. The van der Waals surface area contributed by atoms with Crippen LogP contribution in [0.15, 0.2) is 48.5 Å². The molecule has 0 fully saturated rings. The lowest BCUT2D eigenvalue weighted by Gasteiger charge is -2.11. The van der Waals surface area contributed by atoms with Crippen molar-refractivity contribution in [3.05, 3.63) is 59.8 Å². The Morgan fingerprint density at radius 3 is 2.23 bits per heavy atom. The van der Waals surface area contributed by atoms with Crippen molar-refractivity contribution in [2.24, 2.45) is 0 Å². The van der Waals surface area contributed by atoms with E-state index in [4.69, 9.17) is 9.47 Å². The van der Waals surface area contributed by atoms with Gasteiger partial charge in [-0.25, -0.2) is 9.48 Å². The molecule has 0 spiro atoms. The average Bonchev–Trinajstić information content (AvgIpc) is 3.12. The van der Waals surface area contributed by atoms with Crippen molar-refractivity contribution in [1.29, 1.82) is 0 Å². The van der Waals surface area contributed by atoms with Crippen molar-refractivity contribution < 1.29 is 32.2 Å². The molecule has 0 amide bonds. The van der Waals surface area contributed by atoms with Crippen molar-refractivity contribution in [3.63, 3.8) is 0 Å². The minimum Gasteiger partial charge on any atom is -0.497 e. The molecule has 158 valence electrons. The summed E-state index contributed by atoms with van der Waals surface area (Å²) in [5.74, 6) is -0.368. The SMILES string of the molecule is CCOC(=O)c1nnn(Cc2ccc(OC)cc2)c1-c1ccc(OC(F)(F)F)cc1. The number of hydrogen-bond acceptors (Lipinski definition) is 6. The third-order valence-electron chi connectivity index (χ3n) is 4.06. The summed E-state index contributed by atoms with van der Waals surface area (Å²) in [4.78, 5) is 12.3. The molecule has 0 bridgehead atoms. The topological polar surface area (TPSA) is 75.5 Å². The van der Waals surface area contributed by atoms with E-state index in [1.807, 2.05) is 12.1 Å². The number of ether oxygens (including phenoxy) is 3. The molecule has 0 unspecified atom stereocenters. The molecule has 10 heteroatoms. The summed E-state index contributed by atoms with van der Waals surface area (Å²) in [7, 11) is 1.56. The normalized spacial score (nSPS) is 11.2. The van der Waals surface area contributed by atoms with Crippen LogP contribution in [-0.4, -0.2) is 41.0 Å². The summed E-state index contributed by atoms with van der Waals surface area (Å²) in [5, 5.41) is 7.96. The highest BCUT2D eigenvalue weighted by molar-refractivity contribution is 5.94. The summed E-state index contributed by atoms with van der Waals surface area (Å²) < 4.78 is 52.8. The van der Waals surface area contributed by atoms with E-state index in [2.05, 4.69) is 15.0 Å². The van der Waals surface area contributed by atoms with Gasteiger partial charge in [0.25, 0.3) is 0 Å². The highest BCUT2D eigenvalue weighted by Gasteiger charge is 2.31. The summed E-state index contributed by atoms with van der Waals surface area (Å²) >= 11 is 0. The lowest BCUT2D eigenvalue weighted by atomic mass is 10.1. The van der Waals surface area contributed by atoms with Gasteiger partial charge in [-0.1, -0.05) is 17.3 Å². The summed E-state index contributed by atoms with van der Waals surface area (Å²) in [6.07, 6.45) is -4.80. The maximum Gasteiger partial charge on any atom is 0.573 e. The number of methoxy groups -OCH3 is 1. The van der Waals surface area contributed by atoms with E-state index in [1.54, 1.807) is 26.2 Å². The van der Waals surface area contributed by atoms with Gasteiger partial charge in [-0.15, -0.1) is 18.3 Å². The second-order valence-electron chi connectivity index (χ2n) is 6.09. The largest absolute Gasteiger partial charge is 0.573 e. The Hall–Kier alpha value is -3.56. The zero-order valence-corrected chi connectivity index (χ0v) is 16.1. The number of benzene rings is 2. The number of rotatable bonds is 7. The number of carbonyl (C=O) groups excluding carboxylic acids is 1. The fourth-order valence-corrected chi connectivity index (χ4v) is 2.76. The molecule has 0 aliphatic carbocycles. The molecule has 0 saturated heterocycles. The zero-order chi connectivity index (χ0) is 21.7. The Balaban J connectivity index is 1.97. The molecule has 1 heterocycles. The lowest BCUT2D eigenvalue weighted by Crippen LogP contribution is -2.17. The molecule has 0 radical (unpaired) electrons. The minimum absolute atomic E-state index is 0.0325. The molecule has 0 saturated carbocycles. The van der Waals surface area contributed by atoms with Crippen LogP contribution in [-0.2, 0) is 11.3 Å². The smallest absolute Gasteiger partial charge is 0.497 e. The number of nitrogens with zero attached hydrogens (tertiary/aromatic N) is 3. The van der Waals surface area contributed by atoms with Crippen molar-refractivity contribution in [2.45, 2.75) is 19.8 Å². The van der Waals surface area contributed by atoms with Crippen molar-refractivity contribution in [1.82, 2.24) is 15.0 Å². The molecule has 3 aromatic rings. The van der Waals surface area contributed by atoms with Gasteiger partial charge in [-0.2, -0.15) is 0 Å². The van der Waals surface area contributed by atoms with Gasteiger partial charge in [0, 0.05) is 5.56 Å². The highest BCUT2D eigenvalue weighted by atomic mass is 19.4. The van der Waals surface area contributed by atoms with Crippen LogP contribution in [0.25, 0.3) is 11.3 Å². The van der Waals surface area contributed by atoms with Crippen LogP contribution < -0.4 is 9.47 Å². The number of halogens is 3. The Kier molecular flexibility index (Phi) is 6.24. The molecule has 0 N–H and O–H groups in total. The van der Waals surface area contributed by atoms with Gasteiger partial charge in [0.1, 0.15) is 17.2 Å². The Morgan fingerprint density at radius 1 is 1.03 bits per heavy atom. The third-order valence-corrected chi connectivity index (χ3v) is 4.06. The molecular formula is C20H18F3N3O4. The molecule has 2 aromatic carbocycles. The van der Waals surface area contributed by atoms with Crippen LogP contribution in [0.1, 0.15) is 23.0 Å². The van der Waals surface area contributed by atoms with E-state index in [-0.39, 0.29) is 24.6 Å². The van der Waals surface area contributed by atoms with E-state index in [9.17, 15) is 18.0 Å². The number of hydrogen-bond donors (Lipinski definition) is 0. The van der Waals surface area contributed by atoms with Crippen molar-refractivity contribution in [3.8, 4) is 22.8 Å². The molecule has 30 heavy (non-hydrogen) atoms. The molecule has 1 aromatic heterocycles. The Labute approximate surface area is 170 Å². The first-order chi connectivity index (χ1) is 14.3. The summed E-state index contributed by atoms with van der Waals surface area (Å²) in [6.45, 7) is 2.07. The van der Waals surface area contributed by atoms with E-state index in [1.165, 1.54) is 16.8 Å². The van der Waals surface area contributed by atoms with Crippen molar-refractivity contribution in [2.75, 3.05) is 13.7 Å². The van der Waals surface area contributed by atoms with Gasteiger partial charge in [-0.3, -0.25) is 0 Å². The van der Waals surface area contributed by atoms with Crippen LogP contribution in [0.4, 0.5) is 13.2 Å². The second-order valence-corrected chi connectivity index (χ2v) is 6.09. The standard InChI is InChI=1S/C20H18F3N3O4/c1-3-29-19(27)17-18(14-6-10-16(11-7-14)30-20(21,22)23)26(25-24-17)12-13-4-8-15(28-2)9-5-13/h4-11H,3,12H2,1-2H3. The molecule has 0 aliphatic heterocycles. The Bertz CT molecular complexity index is 1000. The number of carbonyl (C=O) groups is 1. The number of aromatic nitrogens is 3. The average molecular weight is 421 g/mol. The highest BCUT2D eigenvalue weighted by Crippen LogP contribution is 2.28. The van der Waals surface area contributed by atoms with Gasteiger partial charge >= 0.3 is 12.3 Å². The van der Waals surface area contributed by atoms with Gasteiger partial charge in [0.2, 0.25) is 0 Å². The number of esters is 1. The maximum atomic E-state index is 12.4. The molecule has 0 atom stereocenters. The predicted molar refractivity (Wildman–Crippen MR) is 100 cm³/mol. The number of alkyl halides is 3. The first-order valence-electron chi connectivity index (χ1n) is 8.90. The van der Waals surface area contributed by atoms with Gasteiger partial charge in [0.15, 0.2) is 5.69 Å². The van der Waals surface area contributed by atoms with E-state index < -0.39 is 12.3 Å². The van der Waals surface area contributed by atoms with Gasteiger partial charge in [0.05, 0.1) is 20.3 Å². The first-order valence-corrected chi connectivity index (χ1v) is 8.90. The predicted octanol–water partition coefficient (Wildman–Crippen LogP) is 4.08.